The fraction of sp³-hybridized carbons (Fsp3) is 0.133. The van der Waals surface area contributed by atoms with Crippen LogP contribution in [0, 0.1) is 5.82 Å². The van der Waals surface area contributed by atoms with Crippen molar-refractivity contribution in [1.29, 1.82) is 0 Å². The van der Waals surface area contributed by atoms with E-state index in [1.54, 1.807) is 18.3 Å². The summed E-state index contributed by atoms with van der Waals surface area (Å²) in [7, 11) is 0. The maximum Gasteiger partial charge on any atom is 0.170 e. The first-order valence-corrected chi connectivity index (χ1v) is 12.1. The van der Waals surface area contributed by atoms with E-state index in [1.807, 2.05) is 72.3 Å². The number of imidazole rings is 1. The first-order valence-electron chi connectivity index (χ1n) is 12.1. The summed E-state index contributed by atoms with van der Waals surface area (Å²) in [6.45, 7) is 6.34. The van der Waals surface area contributed by atoms with Crippen LogP contribution in [0.2, 0.25) is 0 Å². The third-order valence-electron chi connectivity index (χ3n) is 6.43. The molecule has 0 spiro atoms. The van der Waals surface area contributed by atoms with Crippen LogP contribution in [0.15, 0.2) is 91.8 Å². The number of aromatic hydroxyl groups is 1. The number of halogens is 1. The van der Waals surface area contributed by atoms with E-state index in [0.717, 1.165) is 33.3 Å². The van der Waals surface area contributed by atoms with Gasteiger partial charge in [-0.15, -0.1) is 6.58 Å². The van der Waals surface area contributed by atoms with E-state index in [9.17, 15) is 5.11 Å². The van der Waals surface area contributed by atoms with Crippen LogP contribution < -0.4 is 11.1 Å². The van der Waals surface area contributed by atoms with Gasteiger partial charge in [0.25, 0.3) is 0 Å². The van der Waals surface area contributed by atoms with Crippen molar-refractivity contribution in [3.63, 3.8) is 0 Å². The van der Waals surface area contributed by atoms with Gasteiger partial charge in [0.05, 0.1) is 5.69 Å². The van der Waals surface area contributed by atoms with Crippen LogP contribution in [-0.2, 0) is 13.0 Å². The number of aromatic nitrogens is 3. The lowest BCUT2D eigenvalue weighted by Gasteiger charge is -2.23. The zero-order valence-electron chi connectivity index (χ0n) is 20.5. The van der Waals surface area contributed by atoms with Gasteiger partial charge in [-0.25, -0.2) is 14.4 Å². The van der Waals surface area contributed by atoms with Crippen LogP contribution in [0.25, 0.3) is 22.0 Å². The van der Waals surface area contributed by atoms with Gasteiger partial charge in [0, 0.05) is 41.1 Å². The van der Waals surface area contributed by atoms with Crippen LogP contribution in [0.5, 0.6) is 5.75 Å². The standard InChI is InChI=1S/C30H28FN5O/c1-3-14-36-18-25(20-8-6-5-7-9-20)35-30(36)28(24-15-19(4-2)16-26(37)27(24)31)34-22-10-11-23-21(17-22)12-13-33-29(23)32/h3,5-13,15-18,28,34,37H,1,4,14H2,2H3,(H2,32,33). The molecule has 37 heavy (non-hydrogen) atoms. The van der Waals surface area contributed by atoms with E-state index in [0.29, 0.717) is 30.2 Å². The lowest BCUT2D eigenvalue weighted by Crippen LogP contribution is -2.19. The monoisotopic (exact) mass is 493 g/mol. The Labute approximate surface area is 214 Å². The normalized spacial score (nSPS) is 11.9. The minimum atomic E-state index is -0.702. The minimum absolute atomic E-state index is 0.307. The Bertz CT molecular complexity index is 1580. The average Bonchev–Trinajstić information content (AvgIpc) is 3.33. The molecule has 6 nitrogen and oxygen atoms in total. The van der Waals surface area contributed by atoms with Crippen molar-refractivity contribution in [2.24, 2.45) is 0 Å². The fourth-order valence-corrected chi connectivity index (χ4v) is 4.54. The lowest BCUT2D eigenvalue weighted by atomic mass is 9.99. The molecule has 7 heteroatoms. The summed E-state index contributed by atoms with van der Waals surface area (Å²) >= 11 is 0. The molecule has 1 unspecified atom stereocenters. The number of nitrogens with two attached hydrogens (primary N) is 1. The number of nitrogens with zero attached hydrogens (tertiary/aromatic N) is 3. The molecule has 1 atom stereocenters. The van der Waals surface area contributed by atoms with Gasteiger partial charge in [-0.05, 0) is 47.7 Å². The molecule has 0 saturated heterocycles. The van der Waals surface area contributed by atoms with Gasteiger partial charge in [-0.1, -0.05) is 49.4 Å². The number of pyridine rings is 1. The number of nitrogen functional groups attached to an aromatic ring is 1. The maximum atomic E-state index is 15.5. The largest absolute Gasteiger partial charge is 0.505 e. The molecule has 0 aliphatic heterocycles. The highest BCUT2D eigenvalue weighted by Gasteiger charge is 2.26. The molecule has 0 radical (unpaired) electrons. The molecule has 0 aliphatic rings. The highest BCUT2D eigenvalue weighted by molar-refractivity contribution is 5.93. The van der Waals surface area contributed by atoms with Gasteiger partial charge in [0.1, 0.15) is 17.7 Å². The zero-order valence-corrected chi connectivity index (χ0v) is 20.5. The Hall–Kier alpha value is -4.65. The number of hydrogen-bond donors (Lipinski definition) is 3. The number of aryl methyl sites for hydroxylation is 1. The number of anilines is 2. The van der Waals surface area contributed by atoms with Crippen molar-refractivity contribution in [2.45, 2.75) is 25.9 Å². The molecule has 2 heterocycles. The molecule has 0 amide bonds. The number of rotatable bonds is 8. The SMILES string of the molecule is C=CCn1cc(-c2ccccc2)nc1C(Nc1ccc2c(N)nccc2c1)c1cc(CC)cc(O)c1F. The van der Waals surface area contributed by atoms with Gasteiger partial charge in [0.15, 0.2) is 11.6 Å². The topological polar surface area (TPSA) is 89.0 Å². The van der Waals surface area contributed by atoms with Crippen LogP contribution >= 0.6 is 0 Å². The van der Waals surface area contributed by atoms with Crippen molar-refractivity contribution in [1.82, 2.24) is 14.5 Å². The Kier molecular flexibility index (Phi) is 6.60. The first kappa shape index (κ1) is 24.1. The number of benzene rings is 3. The van der Waals surface area contributed by atoms with Gasteiger partial charge in [-0.3, -0.25) is 0 Å². The number of allylic oxidation sites excluding steroid dienone is 1. The Morgan fingerprint density at radius 1 is 1.14 bits per heavy atom. The smallest absolute Gasteiger partial charge is 0.170 e. The van der Waals surface area contributed by atoms with E-state index in [1.165, 1.54) is 6.07 Å². The van der Waals surface area contributed by atoms with Crippen LogP contribution in [0.4, 0.5) is 15.9 Å². The molecule has 4 N–H and O–H groups in total. The molecule has 0 bridgehead atoms. The number of phenols is 1. The Morgan fingerprint density at radius 3 is 2.70 bits per heavy atom. The molecular weight excluding hydrogens is 465 g/mol. The summed E-state index contributed by atoms with van der Waals surface area (Å²) in [5, 5.41) is 15.6. The second-order valence-corrected chi connectivity index (χ2v) is 8.87. The highest BCUT2D eigenvalue weighted by atomic mass is 19.1. The second-order valence-electron chi connectivity index (χ2n) is 8.87. The van der Waals surface area contributed by atoms with E-state index in [-0.39, 0.29) is 5.75 Å². The summed E-state index contributed by atoms with van der Waals surface area (Å²) < 4.78 is 17.5. The minimum Gasteiger partial charge on any atom is -0.505 e. The van der Waals surface area contributed by atoms with Gasteiger partial charge in [0.2, 0.25) is 0 Å². The summed E-state index contributed by atoms with van der Waals surface area (Å²) in [6.07, 6.45) is 6.02. The van der Waals surface area contributed by atoms with Crippen LogP contribution in [0.1, 0.15) is 29.9 Å². The zero-order chi connectivity index (χ0) is 25.9. The molecule has 0 saturated carbocycles. The third kappa shape index (κ3) is 4.76. The number of hydrogen-bond acceptors (Lipinski definition) is 5. The summed E-state index contributed by atoms with van der Waals surface area (Å²) in [5.41, 5.74) is 9.63. The predicted octanol–water partition coefficient (Wildman–Crippen LogP) is 6.48. The molecule has 3 aromatic carbocycles. The molecule has 5 rings (SSSR count). The van der Waals surface area contributed by atoms with Crippen molar-refractivity contribution in [2.75, 3.05) is 11.1 Å². The number of nitrogens with one attached hydrogen (secondary N) is 1. The highest BCUT2D eigenvalue weighted by Crippen LogP contribution is 2.35. The molecular formula is C30H28FN5O. The summed E-state index contributed by atoms with van der Waals surface area (Å²) in [5.74, 6) is -0.0251. The molecule has 5 aromatic rings. The first-order chi connectivity index (χ1) is 18.0. The second kappa shape index (κ2) is 10.1. The summed E-state index contributed by atoms with van der Waals surface area (Å²) in [6, 6.07) is 20.0. The van der Waals surface area contributed by atoms with E-state index in [2.05, 4.69) is 16.9 Å². The predicted molar refractivity (Wildman–Crippen MR) is 147 cm³/mol. The third-order valence-corrected chi connectivity index (χ3v) is 6.43. The lowest BCUT2D eigenvalue weighted by molar-refractivity contribution is 0.426. The van der Waals surface area contributed by atoms with E-state index < -0.39 is 11.9 Å². The molecule has 0 fully saturated rings. The van der Waals surface area contributed by atoms with Gasteiger partial charge in [-0.2, -0.15) is 0 Å². The van der Waals surface area contributed by atoms with Gasteiger partial charge >= 0.3 is 0 Å². The fourth-order valence-electron chi connectivity index (χ4n) is 4.54. The van der Waals surface area contributed by atoms with Crippen molar-refractivity contribution < 1.29 is 9.50 Å². The number of phenolic OH excluding ortho intramolecular Hbond substituents is 1. The van der Waals surface area contributed by atoms with Crippen molar-refractivity contribution >= 4 is 22.3 Å². The van der Waals surface area contributed by atoms with Gasteiger partial charge < -0.3 is 20.7 Å². The molecule has 2 aromatic heterocycles. The maximum absolute atomic E-state index is 15.5. The van der Waals surface area contributed by atoms with Crippen LogP contribution in [0.3, 0.4) is 0 Å². The Morgan fingerprint density at radius 2 is 1.95 bits per heavy atom. The summed E-state index contributed by atoms with van der Waals surface area (Å²) in [4.78, 5) is 9.10. The van der Waals surface area contributed by atoms with Crippen LogP contribution in [-0.4, -0.2) is 19.6 Å². The molecule has 186 valence electrons. The van der Waals surface area contributed by atoms with E-state index >= 15 is 4.39 Å². The van der Waals surface area contributed by atoms with Crippen molar-refractivity contribution in [3.05, 3.63) is 115 Å². The van der Waals surface area contributed by atoms with Crippen molar-refractivity contribution in [3.8, 4) is 17.0 Å². The average molecular weight is 494 g/mol. The quantitative estimate of drug-likeness (QED) is 0.216. The van der Waals surface area contributed by atoms with E-state index in [4.69, 9.17) is 10.7 Å². The number of fused-ring (bicyclic) bond motifs is 1. The Balaban J connectivity index is 1.69. The molecule has 0 aliphatic carbocycles.